The van der Waals surface area contributed by atoms with Crippen molar-refractivity contribution in [1.29, 1.82) is 0 Å². The van der Waals surface area contributed by atoms with Crippen molar-refractivity contribution in [2.24, 2.45) is 0 Å². The van der Waals surface area contributed by atoms with Crippen LogP contribution in [0.25, 0.3) is 0 Å². The van der Waals surface area contributed by atoms with E-state index in [1.807, 2.05) is 19.9 Å². The van der Waals surface area contributed by atoms with Crippen LogP contribution in [-0.2, 0) is 9.59 Å². The number of ketones is 1. The summed E-state index contributed by atoms with van der Waals surface area (Å²) in [6, 6.07) is 8.91. The van der Waals surface area contributed by atoms with Crippen molar-refractivity contribution in [1.82, 2.24) is 0 Å². The number of hydrogen-bond acceptors (Lipinski definition) is 4. The van der Waals surface area contributed by atoms with Gasteiger partial charge in [0.1, 0.15) is 5.92 Å². The van der Waals surface area contributed by atoms with E-state index in [9.17, 15) is 19.5 Å². The van der Waals surface area contributed by atoms with E-state index >= 15 is 0 Å². The first-order chi connectivity index (χ1) is 11.9. The smallest absolute Gasteiger partial charge is 0.312 e. The number of nitrogens with zero attached hydrogens (tertiary/aromatic N) is 1. The molecule has 0 saturated carbocycles. The Morgan fingerprint density at radius 1 is 1.20 bits per heavy atom. The maximum absolute atomic E-state index is 12.6. The molecule has 25 heavy (non-hydrogen) atoms. The number of carbonyl (C=O) groups excluding carboxylic acids is 2. The zero-order valence-corrected chi connectivity index (χ0v) is 14.9. The second kappa shape index (κ2) is 6.80. The number of fused-ring (bicyclic) bond motifs is 1. The number of rotatable bonds is 5. The fraction of sp³-hybridized carbons (Fsp3) is 0.316. The van der Waals surface area contributed by atoms with Crippen molar-refractivity contribution in [3.05, 3.63) is 51.2 Å². The van der Waals surface area contributed by atoms with Gasteiger partial charge < -0.3 is 10.0 Å². The highest BCUT2D eigenvalue weighted by Crippen LogP contribution is 2.36. The predicted molar refractivity (Wildman–Crippen MR) is 96.5 cm³/mol. The number of thiophene rings is 1. The third-order valence-electron chi connectivity index (χ3n) is 4.47. The molecule has 3 rings (SSSR count). The number of carbonyl (C=O) groups is 3. The SMILES string of the molecule is Cc1cc(C(=O)CCC(=O)N2CC(C(=O)O)c3ccccc32)c(C)s1. The molecular formula is C19H19NO4S. The van der Waals surface area contributed by atoms with Crippen molar-refractivity contribution < 1.29 is 19.5 Å². The van der Waals surface area contributed by atoms with Crippen LogP contribution >= 0.6 is 11.3 Å². The second-order valence-electron chi connectivity index (χ2n) is 6.20. The topological polar surface area (TPSA) is 74.7 Å². The molecule has 0 fully saturated rings. The summed E-state index contributed by atoms with van der Waals surface area (Å²) in [5, 5.41) is 9.37. The number of aryl methyl sites for hydroxylation is 2. The summed E-state index contributed by atoms with van der Waals surface area (Å²) in [7, 11) is 0. The summed E-state index contributed by atoms with van der Waals surface area (Å²) < 4.78 is 0. The number of hydrogen-bond donors (Lipinski definition) is 1. The van der Waals surface area contributed by atoms with Gasteiger partial charge in [0, 0.05) is 40.4 Å². The molecule has 0 bridgehead atoms. The van der Waals surface area contributed by atoms with Crippen LogP contribution in [0.15, 0.2) is 30.3 Å². The van der Waals surface area contributed by atoms with Gasteiger partial charge in [-0.2, -0.15) is 0 Å². The summed E-state index contributed by atoms with van der Waals surface area (Å²) in [6.45, 7) is 3.98. The third-order valence-corrected chi connectivity index (χ3v) is 5.44. The Labute approximate surface area is 149 Å². The van der Waals surface area contributed by atoms with Crippen molar-refractivity contribution in [2.45, 2.75) is 32.6 Å². The van der Waals surface area contributed by atoms with E-state index in [4.69, 9.17) is 0 Å². The highest BCUT2D eigenvalue weighted by Gasteiger charge is 2.36. The average Bonchev–Trinajstić information content (AvgIpc) is 3.12. The van der Waals surface area contributed by atoms with Crippen LogP contribution < -0.4 is 4.90 Å². The molecule has 0 radical (unpaired) electrons. The van der Waals surface area contributed by atoms with Gasteiger partial charge in [0.05, 0.1) is 0 Å². The van der Waals surface area contributed by atoms with Crippen LogP contribution in [0.2, 0.25) is 0 Å². The number of amides is 1. The highest BCUT2D eigenvalue weighted by atomic mass is 32.1. The maximum atomic E-state index is 12.6. The van der Waals surface area contributed by atoms with Crippen LogP contribution in [-0.4, -0.2) is 29.3 Å². The number of anilines is 1. The van der Waals surface area contributed by atoms with E-state index in [-0.39, 0.29) is 31.1 Å². The third kappa shape index (κ3) is 3.35. The summed E-state index contributed by atoms with van der Waals surface area (Å²) in [6.07, 6.45) is 0.208. The fourth-order valence-electron chi connectivity index (χ4n) is 3.25. The number of carboxylic acid groups (broad SMARTS) is 1. The standard InChI is InChI=1S/C19H19NO4S/c1-11-9-14(12(2)25-11)17(21)7-8-18(22)20-10-15(19(23)24)13-5-3-4-6-16(13)20/h3-6,9,15H,7-8,10H2,1-2H3,(H,23,24). The lowest BCUT2D eigenvalue weighted by Gasteiger charge is -2.17. The predicted octanol–water partition coefficient (Wildman–Crippen LogP) is 3.54. The van der Waals surface area contributed by atoms with E-state index in [1.54, 1.807) is 35.6 Å². The van der Waals surface area contributed by atoms with Gasteiger partial charge in [-0.15, -0.1) is 11.3 Å². The Morgan fingerprint density at radius 2 is 1.92 bits per heavy atom. The monoisotopic (exact) mass is 357 g/mol. The molecule has 5 nitrogen and oxygen atoms in total. The Morgan fingerprint density at radius 3 is 2.56 bits per heavy atom. The van der Waals surface area contributed by atoms with Gasteiger partial charge >= 0.3 is 5.97 Å². The Hall–Kier alpha value is -2.47. The first-order valence-electron chi connectivity index (χ1n) is 8.11. The number of carboxylic acids is 1. The maximum Gasteiger partial charge on any atom is 0.312 e. The molecule has 0 saturated heterocycles. The van der Waals surface area contributed by atoms with Gasteiger partial charge in [0.2, 0.25) is 5.91 Å². The lowest BCUT2D eigenvalue weighted by atomic mass is 10.0. The minimum absolute atomic E-state index is 0.0440. The molecule has 130 valence electrons. The second-order valence-corrected chi connectivity index (χ2v) is 7.66. The van der Waals surface area contributed by atoms with Gasteiger partial charge in [-0.3, -0.25) is 14.4 Å². The quantitative estimate of drug-likeness (QED) is 0.831. The molecule has 2 heterocycles. The molecule has 0 spiro atoms. The summed E-state index contributed by atoms with van der Waals surface area (Å²) >= 11 is 1.57. The molecule has 2 aromatic rings. The Kier molecular flexibility index (Phi) is 4.72. The first-order valence-corrected chi connectivity index (χ1v) is 8.92. The Bertz CT molecular complexity index is 855. The van der Waals surface area contributed by atoms with E-state index in [0.29, 0.717) is 16.8 Å². The molecular weight excluding hydrogens is 338 g/mol. The molecule has 1 aromatic carbocycles. The summed E-state index contributed by atoms with van der Waals surface area (Å²) in [4.78, 5) is 39.9. The number of aliphatic carboxylic acids is 1. The van der Waals surface area contributed by atoms with Gasteiger partial charge in [-0.05, 0) is 31.5 Å². The molecule has 6 heteroatoms. The van der Waals surface area contributed by atoms with Gasteiger partial charge in [-0.1, -0.05) is 18.2 Å². The average molecular weight is 357 g/mol. The minimum Gasteiger partial charge on any atom is -0.481 e. The van der Waals surface area contributed by atoms with Crippen LogP contribution in [0.3, 0.4) is 0 Å². The fourth-order valence-corrected chi connectivity index (χ4v) is 4.19. The zero-order valence-electron chi connectivity index (χ0n) is 14.1. The molecule has 1 aliphatic heterocycles. The summed E-state index contributed by atoms with van der Waals surface area (Å²) in [5.74, 6) is -1.91. The summed E-state index contributed by atoms with van der Waals surface area (Å²) in [5.41, 5.74) is 1.97. The van der Waals surface area contributed by atoms with Gasteiger partial charge in [0.25, 0.3) is 0 Å². The minimum atomic E-state index is -0.941. The van der Waals surface area contributed by atoms with Crippen molar-refractivity contribution in [3.8, 4) is 0 Å². The van der Waals surface area contributed by atoms with Crippen molar-refractivity contribution in [3.63, 3.8) is 0 Å². The molecule has 1 atom stereocenters. The molecule has 1 unspecified atom stereocenters. The number of para-hydroxylation sites is 1. The largest absolute Gasteiger partial charge is 0.481 e. The van der Waals surface area contributed by atoms with Gasteiger partial charge in [0.15, 0.2) is 5.78 Å². The number of benzene rings is 1. The lowest BCUT2D eigenvalue weighted by molar-refractivity contribution is -0.138. The normalized spacial score (nSPS) is 15.9. The van der Waals surface area contributed by atoms with Crippen LogP contribution in [0, 0.1) is 13.8 Å². The van der Waals surface area contributed by atoms with E-state index in [1.165, 1.54) is 4.90 Å². The van der Waals surface area contributed by atoms with Gasteiger partial charge in [-0.25, -0.2) is 0 Å². The highest BCUT2D eigenvalue weighted by molar-refractivity contribution is 7.12. The van der Waals surface area contributed by atoms with Crippen molar-refractivity contribution in [2.75, 3.05) is 11.4 Å². The molecule has 1 aromatic heterocycles. The first kappa shape index (κ1) is 17.4. The van der Waals surface area contributed by atoms with E-state index in [2.05, 4.69) is 0 Å². The molecule has 1 amide bonds. The van der Waals surface area contributed by atoms with Crippen molar-refractivity contribution >= 4 is 34.7 Å². The molecule has 1 N–H and O–H groups in total. The van der Waals surface area contributed by atoms with Crippen LogP contribution in [0.1, 0.15) is 44.4 Å². The molecule has 0 aliphatic carbocycles. The van der Waals surface area contributed by atoms with E-state index in [0.717, 1.165) is 9.75 Å². The van der Waals surface area contributed by atoms with Crippen LogP contribution in [0.5, 0.6) is 0 Å². The van der Waals surface area contributed by atoms with Crippen LogP contribution in [0.4, 0.5) is 5.69 Å². The Balaban J connectivity index is 1.71. The van der Waals surface area contributed by atoms with E-state index < -0.39 is 11.9 Å². The zero-order chi connectivity index (χ0) is 18.1. The molecule has 1 aliphatic rings. The lowest BCUT2D eigenvalue weighted by Crippen LogP contribution is -2.31. The number of Topliss-reactive ketones (excluding diaryl/α,β-unsaturated/α-hetero) is 1.